The summed E-state index contributed by atoms with van der Waals surface area (Å²) in [5, 5.41) is 4.09. The third kappa shape index (κ3) is 3.55. The van der Waals surface area contributed by atoms with Crippen LogP contribution in [0.1, 0.15) is 25.3 Å². The Balaban J connectivity index is 1.82. The van der Waals surface area contributed by atoms with Crippen LogP contribution < -0.4 is 0 Å². The summed E-state index contributed by atoms with van der Waals surface area (Å²) in [6.45, 7) is 4.04. The number of hydrogen-bond acceptors (Lipinski definition) is 2. The van der Waals surface area contributed by atoms with Crippen LogP contribution in [0.15, 0.2) is 16.8 Å². The summed E-state index contributed by atoms with van der Waals surface area (Å²) in [5.74, 6) is 1.00. The quantitative estimate of drug-likeness (QED) is 0.784. The molecule has 1 aromatic rings. The molecule has 4 heteroatoms. The molecule has 0 N–H and O–H groups in total. The van der Waals surface area contributed by atoms with Crippen molar-refractivity contribution >= 4 is 33.2 Å². The molecule has 1 aromatic heterocycles. The highest BCUT2D eigenvalue weighted by atomic mass is 79.9. The van der Waals surface area contributed by atoms with Gasteiger partial charge in [-0.05, 0) is 41.1 Å². The summed E-state index contributed by atoms with van der Waals surface area (Å²) in [6.07, 6.45) is 2.82. The maximum atomic E-state index is 12.1. The average Bonchev–Trinajstić information content (AvgIpc) is 2.82. The van der Waals surface area contributed by atoms with Crippen molar-refractivity contribution in [2.45, 2.75) is 31.0 Å². The van der Waals surface area contributed by atoms with Crippen molar-refractivity contribution in [3.8, 4) is 0 Å². The summed E-state index contributed by atoms with van der Waals surface area (Å²) in [5.41, 5.74) is 1.15. The zero-order chi connectivity index (χ0) is 12.3. The molecule has 1 aliphatic heterocycles. The predicted molar refractivity (Wildman–Crippen MR) is 75.7 cm³/mol. The van der Waals surface area contributed by atoms with E-state index in [-0.39, 0.29) is 5.91 Å². The smallest absolute Gasteiger partial charge is 0.227 e. The van der Waals surface area contributed by atoms with Gasteiger partial charge in [-0.15, -0.1) is 0 Å². The van der Waals surface area contributed by atoms with Gasteiger partial charge in [-0.2, -0.15) is 11.3 Å². The van der Waals surface area contributed by atoms with E-state index in [2.05, 4.69) is 28.2 Å². The molecule has 0 radical (unpaired) electrons. The Kier molecular flexibility index (Phi) is 4.62. The van der Waals surface area contributed by atoms with E-state index in [1.165, 1.54) is 0 Å². The average molecular weight is 316 g/mol. The van der Waals surface area contributed by atoms with Crippen LogP contribution in [-0.4, -0.2) is 28.7 Å². The SMILES string of the molecule is CC(Br)C1CCN(C(=O)Cc2ccsc2)CC1. The third-order valence-corrected chi connectivity index (χ3v) is 4.96. The fraction of sp³-hybridized carbons (Fsp3) is 0.615. The van der Waals surface area contributed by atoms with Crippen molar-refractivity contribution < 1.29 is 4.79 Å². The number of amides is 1. The van der Waals surface area contributed by atoms with Gasteiger partial charge in [0.05, 0.1) is 6.42 Å². The number of hydrogen-bond donors (Lipinski definition) is 0. The number of carbonyl (C=O) groups is 1. The van der Waals surface area contributed by atoms with Gasteiger partial charge in [0.2, 0.25) is 5.91 Å². The molecule has 0 aliphatic carbocycles. The van der Waals surface area contributed by atoms with Gasteiger partial charge in [-0.25, -0.2) is 0 Å². The van der Waals surface area contributed by atoms with Crippen LogP contribution in [0, 0.1) is 5.92 Å². The Morgan fingerprint density at radius 3 is 2.82 bits per heavy atom. The Labute approximate surface area is 115 Å². The zero-order valence-electron chi connectivity index (χ0n) is 10.1. The largest absolute Gasteiger partial charge is 0.342 e. The monoisotopic (exact) mass is 315 g/mol. The first-order valence-corrected chi connectivity index (χ1v) is 7.95. The van der Waals surface area contributed by atoms with Gasteiger partial charge in [0.15, 0.2) is 0 Å². The Hall–Kier alpha value is -0.350. The van der Waals surface area contributed by atoms with Crippen molar-refractivity contribution in [2.75, 3.05) is 13.1 Å². The number of piperidine rings is 1. The molecule has 1 amide bonds. The first-order valence-electron chi connectivity index (χ1n) is 6.09. The molecule has 0 saturated carbocycles. The van der Waals surface area contributed by atoms with E-state index in [4.69, 9.17) is 0 Å². The fourth-order valence-electron chi connectivity index (χ4n) is 2.29. The molecule has 1 aliphatic rings. The normalized spacial score (nSPS) is 19.3. The Bertz CT molecular complexity index is 356. The van der Waals surface area contributed by atoms with Gasteiger partial charge in [-0.3, -0.25) is 4.79 Å². The van der Waals surface area contributed by atoms with Crippen molar-refractivity contribution in [2.24, 2.45) is 5.92 Å². The number of likely N-dealkylation sites (tertiary alicyclic amines) is 1. The molecule has 0 bridgehead atoms. The second kappa shape index (κ2) is 6.01. The number of nitrogens with zero attached hydrogens (tertiary/aromatic N) is 1. The van der Waals surface area contributed by atoms with Crippen LogP contribution in [0.4, 0.5) is 0 Å². The van der Waals surface area contributed by atoms with Crippen molar-refractivity contribution in [3.05, 3.63) is 22.4 Å². The number of rotatable bonds is 3. The van der Waals surface area contributed by atoms with Gasteiger partial charge < -0.3 is 4.90 Å². The first-order chi connectivity index (χ1) is 8.16. The van der Waals surface area contributed by atoms with Gasteiger partial charge in [-0.1, -0.05) is 22.9 Å². The lowest BCUT2D eigenvalue weighted by Gasteiger charge is -2.33. The van der Waals surface area contributed by atoms with E-state index in [0.29, 0.717) is 11.2 Å². The van der Waals surface area contributed by atoms with Crippen LogP contribution in [0.5, 0.6) is 0 Å². The molecule has 94 valence electrons. The Morgan fingerprint density at radius 1 is 1.59 bits per heavy atom. The highest BCUT2D eigenvalue weighted by Gasteiger charge is 2.25. The number of carbonyl (C=O) groups excluding carboxylic acids is 1. The minimum absolute atomic E-state index is 0.282. The second-order valence-corrected chi connectivity index (χ2v) is 6.93. The summed E-state index contributed by atoms with van der Waals surface area (Å²) in [7, 11) is 0. The molecule has 1 atom stereocenters. The summed E-state index contributed by atoms with van der Waals surface area (Å²) in [4.78, 5) is 14.6. The van der Waals surface area contributed by atoms with Crippen LogP contribution in [0.25, 0.3) is 0 Å². The molecular weight excluding hydrogens is 298 g/mol. The molecular formula is C13H18BrNOS. The molecule has 0 spiro atoms. The minimum Gasteiger partial charge on any atom is -0.342 e. The highest BCUT2D eigenvalue weighted by Crippen LogP contribution is 2.25. The van der Waals surface area contributed by atoms with Gasteiger partial charge >= 0.3 is 0 Å². The number of alkyl halides is 1. The van der Waals surface area contributed by atoms with E-state index >= 15 is 0 Å². The Morgan fingerprint density at radius 2 is 2.29 bits per heavy atom. The van der Waals surface area contributed by atoms with Crippen molar-refractivity contribution in [1.29, 1.82) is 0 Å². The maximum Gasteiger partial charge on any atom is 0.227 e. The second-order valence-electron chi connectivity index (χ2n) is 4.70. The van der Waals surface area contributed by atoms with E-state index in [9.17, 15) is 4.79 Å². The van der Waals surface area contributed by atoms with E-state index in [0.717, 1.165) is 37.4 Å². The molecule has 1 fully saturated rings. The molecule has 17 heavy (non-hydrogen) atoms. The van der Waals surface area contributed by atoms with E-state index in [1.54, 1.807) is 11.3 Å². The summed E-state index contributed by atoms with van der Waals surface area (Å²) < 4.78 is 0. The number of thiophene rings is 1. The summed E-state index contributed by atoms with van der Waals surface area (Å²) >= 11 is 5.29. The predicted octanol–water partition coefficient (Wildman–Crippen LogP) is 3.31. The van der Waals surface area contributed by atoms with E-state index in [1.807, 2.05) is 16.3 Å². The third-order valence-electron chi connectivity index (χ3n) is 3.48. The number of halogens is 1. The summed E-state index contributed by atoms with van der Waals surface area (Å²) in [6, 6.07) is 2.04. The van der Waals surface area contributed by atoms with Crippen LogP contribution >= 0.6 is 27.3 Å². The van der Waals surface area contributed by atoms with Gasteiger partial charge in [0.25, 0.3) is 0 Å². The molecule has 2 heterocycles. The van der Waals surface area contributed by atoms with Crippen LogP contribution in [-0.2, 0) is 11.2 Å². The van der Waals surface area contributed by atoms with Crippen molar-refractivity contribution in [3.63, 3.8) is 0 Å². The fourth-order valence-corrected chi connectivity index (χ4v) is 3.49. The lowest BCUT2D eigenvalue weighted by atomic mass is 9.94. The van der Waals surface area contributed by atoms with Gasteiger partial charge in [0.1, 0.15) is 0 Å². The minimum atomic E-state index is 0.282. The maximum absolute atomic E-state index is 12.1. The van der Waals surface area contributed by atoms with E-state index < -0.39 is 0 Å². The highest BCUT2D eigenvalue weighted by molar-refractivity contribution is 9.09. The standard InChI is InChI=1S/C13H18BrNOS/c1-10(14)12-2-5-15(6-3-12)13(16)8-11-4-7-17-9-11/h4,7,9-10,12H,2-3,5-6,8H2,1H3. The van der Waals surface area contributed by atoms with Crippen molar-refractivity contribution in [1.82, 2.24) is 4.90 Å². The van der Waals surface area contributed by atoms with Crippen LogP contribution in [0.3, 0.4) is 0 Å². The zero-order valence-corrected chi connectivity index (χ0v) is 12.5. The molecule has 2 nitrogen and oxygen atoms in total. The lowest BCUT2D eigenvalue weighted by molar-refractivity contribution is -0.131. The first kappa shape index (κ1) is 13.1. The topological polar surface area (TPSA) is 20.3 Å². The molecule has 1 unspecified atom stereocenters. The molecule has 0 aromatic carbocycles. The lowest BCUT2D eigenvalue weighted by Crippen LogP contribution is -2.40. The molecule has 2 rings (SSSR count). The van der Waals surface area contributed by atoms with Crippen LogP contribution in [0.2, 0.25) is 0 Å². The van der Waals surface area contributed by atoms with Gasteiger partial charge in [0, 0.05) is 17.9 Å². The molecule has 1 saturated heterocycles.